The highest BCUT2D eigenvalue weighted by Crippen LogP contribution is 2.21. The van der Waals surface area contributed by atoms with Crippen LogP contribution in [0.15, 0.2) is 24.3 Å². The third kappa shape index (κ3) is 5.85. The van der Waals surface area contributed by atoms with Crippen molar-refractivity contribution in [2.24, 2.45) is 5.92 Å². The molecule has 1 aliphatic heterocycles. The Morgan fingerprint density at radius 1 is 1.41 bits per heavy atom. The lowest BCUT2D eigenvalue weighted by Crippen LogP contribution is -2.27. The van der Waals surface area contributed by atoms with Crippen molar-refractivity contribution in [2.75, 3.05) is 26.7 Å². The standard InChI is InChI=1S/C17H26N2O2.ClH/c1-13(15-3-5-16(21-2)6-4-15)11-17(20)19-10-8-14-7-9-18-12-14;/h3-6,13-14,18H,7-12H2,1-2H3,(H,19,20);1H. The lowest BCUT2D eigenvalue weighted by Gasteiger charge is -2.13. The molecule has 0 spiro atoms. The number of hydrogen-bond donors (Lipinski definition) is 2. The maximum Gasteiger partial charge on any atom is 0.220 e. The van der Waals surface area contributed by atoms with E-state index >= 15 is 0 Å². The van der Waals surface area contributed by atoms with Gasteiger partial charge in [-0.15, -0.1) is 12.4 Å². The van der Waals surface area contributed by atoms with Gasteiger partial charge in [-0.1, -0.05) is 19.1 Å². The van der Waals surface area contributed by atoms with Gasteiger partial charge in [-0.05, 0) is 55.5 Å². The fraction of sp³-hybridized carbons (Fsp3) is 0.588. The number of benzene rings is 1. The van der Waals surface area contributed by atoms with Crippen molar-refractivity contribution >= 4 is 18.3 Å². The topological polar surface area (TPSA) is 50.4 Å². The summed E-state index contributed by atoms with van der Waals surface area (Å²) in [6.45, 7) is 5.09. The number of methoxy groups -OCH3 is 1. The predicted molar refractivity (Wildman–Crippen MR) is 91.9 cm³/mol. The van der Waals surface area contributed by atoms with Gasteiger partial charge in [0, 0.05) is 13.0 Å². The van der Waals surface area contributed by atoms with Gasteiger partial charge < -0.3 is 15.4 Å². The average Bonchev–Trinajstić information content (AvgIpc) is 3.00. The Labute approximate surface area is 139 Å². The van der Waals surface area contributed by atoms with Crippen molar-refractivity contribution in [1.82, 2.24) is 10.6 Å². The molecule has 1 heterocycles. The minimum atomic E-state index is 0. The van der Waals surface area contributed by atoms with E-state index in [4.69, 9.17) is 4.74 Å². The van der Waals surface area contributed by atoms with E-state index in [1.807, 2.05) is 24.3 Å². The summed E-state index contributed by atoms with van der Waals surface area (Å²) in [6, 6.07) is 7.94. The highest BCUT2D eigenvalue weighted by Gasteiger charge is 2.15. The van der Waals surface area contributed by atoms with E-state index in [2.05, 4.69) is 17.6 Å². The molecule has 2 N–H and O–H groups in total. The van der Waals surface area contributed by atoms with E-state index in [-0.39, 0.29) is 24.2 Å². The summed E-state index contributed by atoms with van der Waals surface area (Å²) in [5.74, 6) is 1.94. The number of ether oxygens (including phenoxy) is 1. The molecule has 2 unspecified atom stereocenters. The van der Waals surface area contributed by atoms with Crippen LogP contribution in [0.25, 0.3) is 0 Å². The first-order valence-electron chi connectivity index (χ1n) is 7.80. The van der Waals surface area contributed by atoms with Crippen LogP contribution in [0.1, 0.15) is 37.7 Å². The van der Waals surface area contributed by atoms with Crippen LogP contribution >= 0.6 is 12.4 Å². The molecule has 5 heteroatoms. The lowest BCUT2D eigenvalue weighted by atomic mass is 9.97. The third-order valence-electron chi connectivity index (χ3n) is 4.21. The molecule has 0 saturated carbocycles. The predicted octanol–water partition coefficient (Wildman–Crippen LogP) is 2.73. The van der Waals surface area contributed by atoms with Crippen LogP contribution in [-0.4, -0.2) is 32.7 Å². The number of halogens is 1. The molecule has 1 fully saturated rings. The van der Waals surface area contributed by atoms with Crippen molar-refractivity contribution in [1.29, 1.82) is 0 Å². The Morgan fingerprint density at radius 2 is 2.14 bits per heavy atom. The first-order valence-corrected chi connectivity index (χ1v) is 7.80. The van der Waals surface area contributed by atoms with E-state index in [1.54, 1.807) is 7.11 Å². The van der Waals surface area contributed by atoms with Gasteiger partial charge in [0.15, 0.2) is 0 Å². The summed E-state index contributed by atoms with van der Waals surface area (Å²) in [6.07, 6.45) is 2.85. The zero-order valence-electron chi connectivity index (χ0n) is 13.4. The van der Waals surface area contributed by atoms with E-state index in [0.29, 0.717) is 6.42 Å². The van der Waals surface area contributed by atoms with Gasteiger partial charge in [0.1, 0.15) is 5.75 Å². The van der Waals surface area contributed by atoms with E-state index in [9.17, 15) is 4.79 Å². The van der Waals surface area contributed by atoms with Crippen LogP contribution in [0.3, 0.4) is 0 Å². The minimum absolute atomic E-state index is 0. The first-order chi connectivity index (χ1) is 10.2. The molecule has 1 aromatic carbocycles. The fourth-order valence-corrected chi connectivity index (χ4v) is 2.78. The summed E-state index contributed by atoms with van der Waals surface area (Å²) in [5, 5.41) is 6.39. The molecule has 1 amide bonds. The van der Waals surface area contributed by atoms with Crippen LogP contribution in [0.2, 0.25) is 0 Å². The minimum Gasteiger partial charge on any atom is -0.497 e. The Bertz CT molecular complexity index is 444. The van der Waals surface area contributed by atoms with Gasteiger partial charge >= 0.3 is 0 Å². The zero-order chi connectivity index (χ0) is 15.1. The summed E-state index contributed by atoms with van der Waals surface area (Å²) in [4.78, 5) is 12.0. The molecule has 2 rings (SSSR count). The molecule has 0 radical (unpaired) electrons. The van der Waals surface area contributed by atoms with Crippen LogP contribution in [-0.2, 0) is 4.79 Å². The normalized spacial score (nSPS) is 18.4. The maximum atomic E-state index is 12.0. The number of amides is 1. The highest BCUT2D eigenvalue weighted by atomic mass is 35.5. The molecule has 124 valence electrons. The monoisotopic (exact) mass is 326 g/mol. The van der Waals surface area contributed by atoms with Crippen molar-refractivity contribution < 1.29 is 9.53 Å². The summed E-state index contributed by atoms with van der Waals surface area (Å²) in [5.41, 5.74) is 1.17. The van der Waals surface area contributed by atoms with Crippen molar-refractivity contribution in [3.63, 3.8) is 0 Å². The molecular weight excluding hydrogens is 300 g/mol. The molecule has 1 aliphatic rings. The van der Waals surface area contributed by atoms with Gasteiger partial charge in [0.2, 0.25) is 5.91 Å². The molecule has 2 atom stereocenters. The Kier molecular flexibility index (Phi) is 8.28. The SMILES string of the molecule is COc1ccc(C(C)CC(=O)NCCC2CCNC2)cc1.Cl. The number of carbonyl (C=O) groups is 1. The van der Waals surface area contributed by atoms with Crippen LogP contribution in [0, 0.1) is 5.92 Å². The Hall–Kier alpha value is -1.26. The molecule has 22 heavy (non-hydrogen) atoms. The molecule has 1 aromatic rings. The van der Waals surface area contributed by atoms with Gasteiger partial charge in [0.05, 0.1) is 7.11 Å². The lowest BCUT2D eigenvalue weighted by molar-refractivity contribution is -0.121. The van der Waals surface area contributed by atoms with Crippen LogP contribution < -0.4 is 15.4 Å². The van der Waals surface area contributed by atoms with Crippen LogP contribution in [0.5, 0.6) is 5.75 Å². The second kappa shape index (κ2) is 9.70. The zero-order valence-corrected chi connectivity index (χ0v) is 14.2. The van der Waals surface area contributed by atoms with Crippen molar-refractivity contribution in [2.45, 2.75) is 32.1 Å². The Morgan fingerprint density at radius 3 is 2.73 bits per heavy atom. The number of hydrogen-bond acceptors (Lipinski definition) is 3. The molecule has 0 aliphatic carbocycles. The highest BCUT2D eigenvalue weighted by molar-refractivity contribution is 5.85. The summed E-state index contributed by atoms with van der Waals surface area (Å²) in [7, 11) is 1.66. The average molecular weight is 327 g/mol. The van der Waals surface area contributed by atoms with Gasteiger partial charge in [-0.3, -0.25) is 4.79 Å². The smallest absolute Gasteiger partial charge is 0.220 e. The third-order valence-corrected chi connectivity index (χ3v) is 4.21. The quantitative estimate of drug-likeness (QED) is 0.810. The van der Waals surface area contributed by atoms with E-state index < -0.39 is 0 Å². The van der Waals surface area contributed by atoms with E-state index in [1.165, 1.54) is 12.0 Å². The largest absolute Gasteiger partial charge is 0.497 e. The molecule has 0 bridgehead atoms. The number of rotatable bonds is 7. The second-order valence-electron chi connectivity index (χ2n) is 5.88. The van der Waals surface area contributed by atoms with E-state index in [0.717, 1.165) is 37.7 Å². The molecule has 0 aromatic heterocycles. The number of carbonyl (C=O) groups excluding carboxylic acids is 1. The number of nitrogens with one attached hydrogen (secondary N) is 2. The maximum absolute atomic E-state index is 12.0. The van der Waals surface area contributed by atoms with Crippen molar-refractivity contribution in [3.8, 4) is 5.75 Å². The molecule has 1 saturated heterocycles. The molecule has 4 nitrogen and oxygen atoms in total. The van der Waals surface area contributed by atoms with Crippen molar-refractivity contribution in [3.05, 3.63) is 29.8 Å². The van der Waals surface area contributed by atoms with Gasteiger partial charge in [-0.2, -0.15) is 0 Å². The second-order valence-corrected chi connectivity index (χ2v) is 5.88. The molecular formula is C17H27ClN2O2. The Balaban J connectivity index is 0.00000242. The fourth-order valence-electron chi connectivity index (χ4n) is 2.78. The van der Waals surface area contributed by atoms with Crippen LogP contribution in [0.4, 0.5) is 0 Å². The summed E-state index contributed by atoms with van der Waals surface area (Å²) < 4.78 is 5.15. The first kappa shape index (κ1) is 18.8. The van der Waals surface area contributed by atoms with Gasteiger partial charge in [0.25, 0.3) is 0 Å². The summed E-state index contributed by atoms with van der Waals surface area (Å²) >= 11 is 0. The van der Waals surface area contributed by atoms with Gasteiger partial charge in [-0.25, -0.2) is 0 Å².